The van der Waals surface area contributed by atoms with Gasteiger partial charge in [0.15, 0.2) is 0 Å². The van der Waals surface area contributed by atoms with Crippen molar-refractivity contribution in [3.63, 3.8) is 0 Å². The van der Waals surface area contributed by atoms with E-state index < -0.39 is 5.91 Å². The molecule has 0 radical (unpaired) electrons. The van der Waals surface area contributed by atoms with E-state index >= 15 is 0 Å². The highest BCUT2D eigenvalue weighted by molar-refractivity contribution is 5.98. The molecule has 29 heavy (non-hydrogen) atoms. The fraction of sp³-hybridized carbons (Fsp3) is 0.476. The predicted molar refractivity (Wildman–Crippen MR) is 113 cm³/mol. The first-order valence-corrected chi connectivity index (χ1v) is 10.2. The molecule has 1 aromatic heterocycles. The molecule has 0 saturated carbocycles. The van der Waals surface area contributed by atoms with Gasteiger partial charge in [-0.2, -0.15) is 0 Å². The van der Waals surface area contributed by atoms with Gasteiger partial charge in [-0.25, -0.2) is 0 Å². The Bertz CT molecular complexity index is 903. The quantitative estimate of drug-likeness (QED) is 0.559. The number of likely N-dealkylation sites (N-methyl/N-ethyl adjacent to an activating group) is 1. The van der Waals surface area contributed by atoms with E-state index in [1.807, 2.05) is 6.07 Å². The van der Waals surface area contributed by atoms with Crippen molar-refractivity contribution in [1.29, 1.82) is 0 Å². The van der Waals surface area contributed by atoms with Crippen LogP contribution in [0.5, 0.6) is 0 Å². The summed E-state index contributed by atoms with van der Waals surface area (Å²) >= 11 is 0. The summed E-state index contributed by atoms with van der Waals surface area (Å²) in [5, 5.41) is 5.78. The van der Waals surface area contributed by atoms with Crippen LogP contribution in [0.4, 0.5) is 0 Å². The first-order valence-electron chi connectivity index (χ1n) is 10.2. The number of amides is 2. The SMILES string of the molecule is CCN1CCN(CCCNC(=O)CNC(=O)c2c[nH]c3ccccc3c2=O)CC1. The van der Waals surface area contributed by atoms with Crippen LogP contribution in [0.3, 0.4) is 0 Å². The van der Waals surface area contributed by atoms with E-state index in [9.17, 15) is 14.4 Å². The number of nitrogens with zero attached hydrogens (tertiary/aromatic N) is 2. The number of aromatic nitrogens is 1. The molecule has 0 aliphatic carbocycles. The maximum atomic E-state index is 12.4. The molecule has 1 aromatic carbocycles. The number of pyridine rings is 1. The van der Waals surface area contributed by atoms with Gasteiger partial charge in [-0.05, 0) is 31.6 Å². The van der Waals surface area contributed by atoms with Crippen LogP contribution in [0.15, 0.2) is 35.3 Å². The van der Waals surface area contributed by atoms with Crippen molar-refractivity contribution in [3.05, 3.63) is 46.2 Å². The van der Waals surface area contributed by atoms with Crippen LogP contribution in [0.25, 0.3) is 10.9 Å². The molecule has 2 amide bonds. The van der Waals surface area contributed by atoms with Crippen LogP contribution in [0.1, 0.15) is 23.7 Å². The molecular formula is C21H29N5O3. The zero-order valence-corrected chi connectivity index (χ0v) is 16.9. The topological polar surface area (TPSA) is 97.5 Å². The maximum absolute atomic E-state index is 12.4. The number of hydrogen-bond acceptors (Lipinski definition) is 5. The molecule has 1 aliphatic heterocycles. The van der Waals surface area contributed by atoms with Crippen molar-refractivity contribution in [3.8, 4) is 0 Å². The van der Waals surface area contributed by atoms with Gasteiger partial charge in [0.25, 0.3) is 5.91 Å². The minimum Gasteiger partial charge on any atom is -0.360 e. The minimum absolute atomic E-state index is 0.00252. The fourth-order valence-corrected chi connectivity index (χ4v) is 3.51. The van der Waals surface area contributed by atoms with E-state index in [1.165, 1.54) is 6.20 Å². The Balaban J connectivity index is 1.38. The van der Waals surface area contributed by atoms with Gasteiger partial charge in [-0.3, -0.25) is 14.4 Å². The van der Waals surface area contributed by atoms with E-state index in [2.05, 4.69) is 32.3 Å². The molecule has 156 valence electrons. The van der Waals surface area contributed by atoms with Crippen LogP contribution in [0.2, 0.25) is 0 Å². The molecule has 3 N–H and O–H groups in total. The van der Waals surface area contributed by atoms with Gasteiger partial charge in [0, 0.05) is 49.8 Å². The highest BCUT2D eigenvalue weighted by Gasteiger charge is 2.15. The number of aromatic amines is 1. The first kappa shape index (κ1) is 21.0. The van der Waals surface area contributed by atoms with E-state index in [1.54, 1.807) is 18.2 Å². The van der Waals surface area contributed by atoms with Crippen molar-refractivity contribution >= 4 is 22.7 Å². The Hall–Kier alpha value is -2.71. The minimum atomic E-state index is -0.555. The van der Waals surface area contributed by atoms with E-state index in [0.29, 0.717) is 17.4 Å². The molecule has 8 heteroatoms. The smallest absolute Gasteiger partial charge is 0.257 e. The summed E-state index contributed by atoms with van der Waals surface area (Å²) in [6, 6.07) is 7.00. The summed E-state index contributed by atoms with van der Waals surface area (Å²) in [6.45, 7) is 8.98. The molecule has 0 unspecified atom stereocenters. The van der Waals surface area contributed by atoms with E-state index in [-0.39, 0.29) is 23.4 Å². The standard InChI is InChI=1S/C21H29N5O3/c1-2-25-10-12-26(13-11-25)9-5-8-22-19(27)15-24-21(29)17-14-23-18-7-4-3-6-16(18)20(17)28/h3-4,6-7,14H,2,5,8-13,15H2,1H3,(H,22,27)(H,23,28)(H,24,29). The average molecular weight is 399 g/mol. The number of carbonyl (C=O) groups is 2. The second kappa shape index (κ2) is 10.2. The number of benzene rings is 1. The number of rotatable bonds is 8. The number of H-pyrrole nitrogens is 1. The maximum Gasteiger partial charge on any atom is 0.257 e. The molecule has 2 aromatic rings. The summed E-state index contributed by atoms with van der Waals surface area (Å²) in [6.07, 6.45) is 2.26. The largest absolute Gasteiger partial charge is 0.360 e. The Morgan fingerprint density at radius 3 is 2.55 bits per heavy atom. The Kier molecular flexibility index (Phi) is 7.37. The number of nitrogens with one attached hydrogen (secondary N) is 3. The molecule has 1 saturated heterocycles. The Morgan fingerprint density at radius 2 is 1.79 bits per heavy atom. The zero-order chi connectivity index (χ0) is 20.6. The van der Waals surface area contributed by atoms with Gasteiger partial charge in [0.05, 0.1) is 6.54 Å². The van der Waals surface area contributed by atoms with Crippen LogP contribution in [0, 0.1) is 0 Å². The van der Waals surface area contributed by atoms with Gasteiger partial charge >= 0.3 is 0 Å². The number of carbonyl (C=O) groups excluding carboxylic acids is 2. The van der Waals surface area contributed by atoms with Crippen LogP contribution in [-0.4, -0.2) is 79.0 Å². The van der Waals surface area contributed by atoms with Gasteiger partial charge in [-0.15, -0.1) is 0 Å². The third-order valence-corrected chi connectivity index (χ3v) is 5.33. The van der Waals surface area contributed by atoms with Gasteiger partial charge in [0.2, 0.25) is 11.3 Å². The fourth-order valence-electron chi connectivity index (χ4n) is 3.51. The van der Waals surface area contributed by atoms with Crippen molar-refractivity contribution in [2.75, 3.05) is 52.4 Å². The van der Waals surface area contributed by atoms with E-state index in [4.69, 9.17) is 0 Å². The predicted octanol–water partition coefficient (Wildman–Crippen LogP) is 0.402. The second-order valence-electron chi connectivity index (χ2n) is 7.24. The molecule has 0 bridgehead atoms. The summed E-state index contributed by atoms with van der Waals surface area (Å²) in [4.78, 5) is 44.5. The third kappa shape index (κ3) is 5.65. The summed E-state index contributed by atoms with van der Waals surface area (Å²) in [5.41, 5.74) is 0.325. The lowest BCUT2D eigenvalue weighted by Gasteiger charge is -2.33. The monoisotopic (exact) mass is 399 g/mol. The molecule has 0 spiro atoms. The highest BCUT2D eigenvalue weighted by Crippen LogP contribution is 2.06. The lowest BCUT2D eigenvalue weighted by atomic mass is 10.1. The number of hydrogen-bond donors (Lipinski definition) is 3. The van der Waals surface area contributed by atoms with E-state index in [0.717, 1.165) is 45.7 Å². The van der Waals surface area contributed by atoms with Gasteiger partial charge in [-0.1, -0.05) is 19.1 Å². The van der Waals surface area contributed by atoms with Crippen LogP contribution >= 0.6 is 0 Å². The first-order chi connectivity index (χ1) is 14.1. The zero-order valence-electron chi connectivity index (χ0n) is 16.9. The molecule has 0 atom stereocenters. The lowest BCUT2D eigenvalue weighted by molar-refractivity contribution is -0.120. The molecule has 2 heterocycles. The highest BCUT2D eigenvalue weighted by atomic mass is 16.2. The van der Waals surface area contributed by atoms with Crippen molar-refractivity contribution in [2.45, 2.75) is 13.3 Å². The molecule has 3 rings (SSSR count). The van der Waals surface area contributed by atoms with Crippen molar-refractivity contribution < 1.29 is 9.59 Å². The van der Waals surface area contributed by atoms with Gasteiger partial charge in [0.1, 0.15) is 5.56 Å². The molecule has 1 aliphatic rings. The molecule has 1 fully saturated rings. The Morgan fingerprint density at radius 1 is 1.07 bits per heavy atom. The number of piperazine rings is 1. The van der Waals surface area contributed by atoms with Crippen LogP contribution < -0.4 is 16.1 Å². The number of para-hydroxylation sites is 1. The lowest BCUT2D eigenvalue weighted by Crippen LogP contribution is -2.46. The number of fused-ring (bicyclic) bond motifs is 1. The normalized spacial score (nSPS) is 15.3. The summed E-state index contributed by atoms with van der Waals surface area (Å²) in [7, 11) is 0. The van der Waals surface area contributed by atoms with Crippen molar-refractivity contribution in [2.24, 2.45) is 0 Å². The van der Waals surface area contributed by atoms with Gasteiger partial charge < -0.3 is 25.4 Å². The second-order valence-corrected chi connectivity index (χ2v) is 7.24. The van der Waals surface area contributed by atoms with Crippen molar-refractivity contribution in [1.82, 2.24) is 25.4 Å². The average Bonchev–Trinajstić information content (AvgIpc) is 2.76. The summed E-state index contributed by atoms with van der Waals surface area (Å²) in [5.74, 6) is -0.813. The Labute approximate surface area is 170 Å². The summed E-state index contributed by atoms with van der Waals surface area (Å²) < 4.78 is 0. The molecular weight excluding hydrogens is 370 g/mol. The third-order valence-electron chi connectivity index (χ3n) is 5.33. The molecule has 8 nitrogen and oxygen atoms in total. The van der Waals surface area contributed by atoms with Crippen LogP contribution in [-0.2, 0) is 4.79 Å².